The molecule has 0 aliphatic carbocycles. The number of nitrogens with zero attached hydrogens (tertiary/aromatic N) is 7. The van der Waals surface area contributed by atoms with Crippen molar-refractivity contribution in [3.63, 3.8) is 0 Å². The molecule has 0 atom stereocenters. The van der Waals surface area contributed by atoms with Crippen molar-refractivity contribution in [1.29, 1.82) is 31.6 Å². The Morgan fingerprint density at radius 3 is 0.938 bits per heavy atom. The van der Waals surface area contributed by atoms with Gasteiger partial charge >= 0.3 is 85.3 Å². The van der Waals surface area contributed by atoms with Gasteiger partial charge in [0.25, 0.3) is 0 Å². The topological polar surface area (TPSA) is 186 Å². The molecule has 0 fully saturated rings. The van der Waals surface area contributed by atoms with Crippen LogP contribution in [0.25, 0.3) is 0 Å². The fraction of sp³-hybridized carbons (Fsp3) is 0. The van der Waals surface area contributed by atoms with E-state index in [0.29, 0.717) is 29.8 Å². The third-order valence-electron chi connectivity index (χ3n) is 1.79. The van der Waals surface area contributed by atoms with E-state index in [1.807, 2.05) is 0 Å². The first-order valence-electron chi connectivity index (χ1n) is 2.93. The molecular weight excluding hydrogens is 258 g/mol. The summed E-state index contributed by atoms with van der Waals surface area (Å²) < 4.78 is -1.94. The molecule has 0 saturated carbocycles. The van der Waals surface area contributed by atoms with E-state index in [1.165, 1.54) is 0 Å². The van der Waals surface area contributed by atoms with Gasteiger partial charge in [-0.2, -0.15) is 0 Å². The molecule has 0 aliphatic rings. The average Bonchev–Trinajstić information content (AvgIpc) is 2.37. The van der Waals surface area contributed by atoms with Crippen LogP contribution in [0.2, 0.25) is 0 Å². The van der Waals surface area contributed by atoms with Gasteiger partial charge in [-0.1, -0.05) is 0 Å². The Kier molecular flexibility index (Phi) is 1.56. The fourth-order valence-corrected chi connectivity index (χ4v) is 1.81. The molecule has 0 rings (SSSR count). The Morgan fingerprint density at radius 2 is 0.938 bits per heavy atom. The Morgan fingerprint density at radius 1 is 0.750 bits per heavy atom. The first-order valence-corrected chi connectivity index (χ1v) is 6.73. The van der Waals surface area contributed by atoms with Gasteiger partial charge in [0.1, 0.15) is 0 Å². The number of hydrogen-bond donors (Lipinski definition) is 0. The van der Waals surface area contributed by atoms with Crippen LogP contribution in [0.15, 0.2) is 0 Å². The van der Waals surface area contributed by atoms with Gasteiger partial charge in [-0.25, -0.2) is 0 Å². The van der Waals surface area contributed by atoms with E-state index >= 15 is 0 Å². The second-order valence-corrected chi connectivity index (χ2v) is 9.98. The SMILES string of the molecule is N#[C][Fe]([C]#N)([C]#N)([C]#N)([C]#N)([C]#N)[N+](=O)[O-]. The summed E-state index contributed by atoms with van der Waals surface area (Å²) in [7, 11) is -8.25. The Bertz CT molecular complexity index is 552. The summed E-state index contributed by atoms with van der Waals surface area (Å²) in [5.41, 5.74) is 0. The van der Waals surface area contributed by atoms with Crippen molar-refractivity contribution in [2.75, 3.05) is 0 Å². The van der Waals surface area contributed by atoms with E-state index < -0.39 is 13.8 Å². The van der Waals surface area contributed by atoms with Gasteiger partial charge in [0.05, 0.1) is 0 Å². The maximum atomic E-state index is 10.9. The summed E-state index contributed by atoms with van der Waals surface area (Å²) in [4.78, 5) is 14.2. The molecular formula is C6FeN7O2. The number of nitriles is 6. The first-order chi connectivity index (χ1) is 7.22. The van der Waals surface area contributed by atoms with E-state index in [9.17, 15) is 10.1 Å². The molecule has 0 aromatic rings. The fourth-order valence-electron chi connectivity index (χ4n) is 0.438. The van der Waals surface area contributed by atoms with E-state index in [-0.39, 0.29) is 0 Å². The van der Waals surface area contributed by atoms with E-state index in [4.69, 9.17) is 31.6 Å². The summed E-state index contributed by atoms with van der Waals surface area (Å²) in [5.74, 6) is 0. The molecule has 0 aliphatic heterocycles. The third-order valence-corrected chi connectivity index (χ3v) is 7.36. The zero-order valence-corrected chi connectivity index (χ0v) is 8.40. The molecule has 0 saturated heterocycles. The van der Waals surface area contributed by atoms with Crippen molar-refractivity contribution in [2.24, 2.45) is 0 Å². The van der Waals surface area contributed by atoms with Crippen LogP contribution in [0.5, 0.6) is 0 Å². The summed E-state index contributed by atoms with van der Waals surface area (Å²) in [6.07, 6.45) is 0. The van der Waals surface area contributed by atoms with Crippen molar-refractivity contribution >= 4 is 0 Å². The third kappa shape index (κ3) is 0.525. The van der Waals surface area contributed by atoms with Gasteiger partial charge in [-0.05, 0) is 0 Å². The van der Waals surface area contributed by atoms with E-state index in [1.54, 1.807) is 0 Å². The molecule has 16 heavy (non-hydrogen) atoms. The molecule has 0 unspecified atom stereocenters. The summed E-state index contributed by atoms with van der Waals surface area (Å²) in [6, 6.07) is 0. The van der Waals surface area contributed by atoms with Gasteiger partial charge in [-0.15, -0.1) is 0 Å². The normalized spacial score (nSPS) is 15.5. The predicted octanol–water partition coefficient (Wildman–Crippen LogP) is -0.174. The molecule has 0 bridgehead atoms. The zero-order valence-electron chi connectivity index (χ0n) is 7.30. The van der Waals surface area contributed by atoms with E-state index in [0.717, 1.165) is 0 Å². The van der Waals surface area contributed by atoms with Crippen LogP contribution in [0, 0.1) is 71.5 Å². The Labute approximate surface area is 85.8 Å². The van der Waals surface area contributed by atoms with Gasteiger partial charge in [0, 0.05) is 0 Å². The second kappa shape index (κ2) is 1.94. The van der Waals surface area contributed by atoms with Crippen LogP contribution in [-0.2, 0) is 9.90 Å². The van der Waals surface area contributed by atoms with Crippen LogP contribution in [0.1, 0.15) is 0 Å². The van der Waals surface area contributed by atoms with Crippen LogP contribution in [0.4, 0.5) is 0 Å². The van der Waals surface area contributed by atoms with Crippen LogP contribution >= 0.6 is 0 Å². The summed E-state index contributed by atoms with van der Waals surface area (Å²) >= 11 is 0. The van der Waals surface area contributed by atoms with Crippen molar-refractivity contribution in [2.45, 2.75) is 0 Å². The van der Waals surface area contributed by atoms with Crippen LogP contribution in [-0.4, -0.2) is 3.94 Å². The molecule has 0 spiro atoms. The molecule has 0 N–H and O–H groups in total. The van der Waals surface area contributed by atoms with Crippen molar-refractivity contribution in [1.82, 2.24) is 0 Å². The molecule has 0 heterocycles. The minimum atomic E-state index is -8.25. The van der Waals surface area contributed by atoms with Crippen molar-refractivity contribution in [3.8, 4) is 29.8 Å². The van der Waals surface area contributed by atoms with E-state index in [2.05, 4.69) is 0 Å². The standard InChI is InChI=1S/6CN.Fe.NO2/c6*1-2;;2-1-3. The van der Waals surface area contributed by atoms with Crippen molar-refractivity contribution in [3.05, 3.63) is 10.1 Å². The second-order valence-electron chi connectivity index (χ2n) is 2.48. The van der Waals surface area contributed by atoms with Gasteiger partial charge in [-0.3, -0.25) is 0 Å². The van der Waals surface area contributed by atoms with Gasteiger partial charge in [0.15, 0.2) is 0 Å². The van der Waals surface area contributed by atoms with Gasteiger partial charge in [0.2, 0.25) is 0 Å². The quantitative estimate of drug-likeness (QED) is 0.351. The summed E-state index contributed by atoms with van der Waals surface area (Å²) in [5, 5.41) is 63.5. The predicted molar refractivity (Wildman–Crippen MR) is 40.7 cm³/mol. The first kappa shape index (κ1) is 12.9. The zero-order chi connectivity index (χ0) is 13.2. The number of hydrogen-bond acceptors (Lipinski definition) is 8. The Balaban J connectivity index is 8.09. The molecule has 0 aromatic heterocycles. The average molecular weight is 258 g/mol. The molecule has 79 valence electrons. The Hall–Kier alpha value is -3.14. The maximum absolute atomic E-state index is 10.9. The van der Waals surface area contributed by atoms with Crippen LogP contribution in [0.3, 0.4) is 0 Å². The number of rotatable bonds is 1. The molecule has 0 aromatic carbocycles. The molecule has 9 nitrogen and oxygen atoms in total. The molecule has 0 amide bonds. The number of nitro groups is 1. The van der Waals surface area contributed by atoms with Crippen LogP contribution < -0.4 is 0 Å². The van der Waals surface area contributed by atoms with Gasteiger partial charge < -0.3 is 0 Å². The molecule has 0 radical (unpaired) electrons. The van der Waals surface area contributed by atoms with Crippen molar-refractivity contribution < 1.29 is 13.8 Å². The summed E-state index contributed by atoms with van der Waals surface area (Å²) in [6.45, 7) is 0. The monoisotopic (exact) mass is 258 g/mol. The molecule has 10 heteroatoms. The minimum absolute atomic E-state index is 0.542.